The van der Waals surface area contributed by atoms with Gasteiger partial charge in [0, 0.05) is 58.1 Å². The van der Waals surface area contributed by atoms with E-state index in [0.717, 1.165) is 43.6 Å². The fourth-order valence-electron chi connectivity index (χ4n) is 2.80. The van der Waals surface area contributed by atoms with Crippen molar-refractivity contribution in [2.75, 3.05) is 64.1 Å². The van der Waals surface area contributed by atoms with Crippen LogP contribution in [0.25, 0.3) is 0 Å². The lowest BCUT2D eigenvalue weighted by Crippen LogP contribution is -2.53. The second-order valence-electron chi connectivity index (χ2n) is 5.95. The van der Waals surface area contributed by atoms with Crippen LogP contribution in [0.4, 0.5) is 5.69 Å². The molecule has 2 rings (SSSR count). The van der Waals surface area contributed by atoms with Gasteiger partial charge in [-0.2, -0.15) is 0 Å². The highest BCUT2D eigenvalue weighted by atomic mass is 32.2. The molecular formula is C17H29N5O3S. The fourth-order valence-corrected chi connectivity index (χ4v) is 3.42. The van der Waals surface area contributed by atoms with E-state index < -0.39 is 10.0 Å². The molecule has 0 saturated carbocycles. The van der Waals surface area contributed by atoms with Crippen LogP contribution < -0.4 is 19.7 Å². The summed E-state index contributed by atoms with van der Waals surface area (Å²) in [5.74, 6) is 1.75. The second-order valence-corrected chi connectivity index (χ2v) is 8.04. The van der Waals surface area contributed by atoms with E-state index >= 15 is 0 Å². The van der Waals surface area contributed by atoms with Gasteiger partial charge in [-0.15, -0.1) is 0 Å². The van der Waals surface area contributed by atoms with Gasteiger partial charge < -0.3 is 19.9 Å². The number of rotatable bonds is 7. The number of benzene rings is 1. The molecule has 1 aromatic rings. The van der Waals surface area contributed by atoms with E-state index in [1.807, 2.05) is 18.2 Å². The zero-order chi connectivity index (χ0) is 19.0. The van der Waals surface area contributed by atoms with Crippen LogP contribution in [0.2, 0.25) is 0 Å². The molecule has 0 bridgehead atoms. The Morgan fingerprint density at radius 1 is 1.23 bits per heavy atom. The Bertz CT molecular complexity index is 700. The highest BCUT2D eigenvalue weighted by Gasteiger charge is 2.20. The van der Waals surface area contributed by atoms with Crippen molar-refractivity contribution in [3.63, 3.8) is 0 Å². The van der Waals surface area contributed by atoms with Crippen molar-refractivity contribution < 1.29 is 13.2 Å². The topological polar surface area (TPSA) is 86.3 Å². The molecule has 0 aliphatic carbocycles. The Kier molecular flexibility index (Phi) is 7.52. The number of piperazine rings is 1. The number of guanidine groups is 1. The van der Waals surface area contributed by atoms with Crippen LogP contribution in [0.15, 0.2) is 29.3 Å². The minimum absolute atomic E-state index is 0.0912. The fraction of sp³-hybridized carbons (Fsp3) is 0.588. The Balaban J connectivity index is 1.81. The zero-order valence-corrected chi connectivity index (χ0v) is 16.6. The van der Waals surface area contributed by atoms with Crippen molar-refractivity contribution in [1.82, 2.24) is 14.9 Å². The molecule has 26 heavy (non-hydrogen) atoms. The van der Waals surface area contributed by atoms with Crippen LogP contribution in [0.3, 0.4) is 0 Å². The number of methoxy groups -OCH3 is 1. The SMILES string of the molecule is CCS(=O)(=O)NCCNC(=NC)N1CCN(c2cccc(OC)c2)CC1. The summed E-state index contributed by atoms with van der Waals surface area (Å²) in [6, 6.07) is 8.07. The highest BCUT2D eigenvalue weighted by molar-refractivity contribution is 7.89. The summed E-state index contributed by atoms with van der Waals surface area (Å²) in [4.78, 5) is 8.81. The lowest BCUT2D eigenvalue weighted by Gasteiger charge is -2.37. The molecule has 0 aromatic heterocycles. The third kappa shape index (κ3) is 5.77. The third-order valence-electron chi connectivity index (χ3n) is 4.32. The van der Waals surface area contributed by atoms with E-state index in [9.17, 15) is 8.42 Å². The van der Waals surface area contributed by atoms with E-state index in [0.29, 0.717) is 13.1 Å². The number of nitrogens with zero attached hydrogens (tertiary/aromatic N) is 3. The van der Waals surface area contributed by atoms with E-state index in [1.165, 1.54) is 0 Å². The first-order valence-corrected chi connectivity index (χ1v) is 10.5. The molecule has 0 unspecified atom stereocenters. The molecule has 0 amide bonds. The Hall–Kier alpha value is -2.00. The average molecular weight is 384 g/mol. The third-order valence-corrected chi connectivity index (χ3v) is 5.72. The molecule has 146 valence electrons. The van der Waals surface area contributed by atoms with Gasteiger partial charge in [0.2, 0.25) is 10.0 Å². The molecule has 9 heteroatoms. The van der Waals surface area contributed by atoms with Crippen molar-refractivity contribution >= 4 is 21.7 Å². The van der Waals surface area contributed by atoms with Crippen LogP contribution >= 0.6 is 0 Å². The number of anilines is 1. The molecule has 8 nitrogen and oxygen atoms in total. The van der Waals surface area contributed by atoms with Crippen molar-refractivity contribution in [2.45, 2.75) is 6.92 Å². The molecule has 1 heterocycles. The van der Waals surface area contributed by atoms with Gasteiger partial charge in [-0.3, -0.25) is 4.99 Å². The van der Waals surface area contributed by atoms with Gasteiger partial charge in [0.1, 0.15) is 5.75 Å². The van der Waals surface area contributed by atoms with Gasteiger partial charge in [0.05, 0.1) is 12.9 Å². The molecule has 1 fully saturated rings. The lowest BCUT2D eigenvalue weighted by molar-refractivity contribution is 0.372. The summed E-state index contributed by atoms with van der Waals surface area (Å²) >= 11 is 0. The summed E-state index contributed by atoms with van der Waals surface area (Å²) in [7, 11) is 0.264. The van der Waals surface area contributed by atoms with Gasteiger partial charge in [-0.05, 0) is 19.1 Å². The van der Waals surface area contributed by atoms with Crippen molar-refractivity contribution in [1.29, 1.82) is 0 Å². The van der Waals surface area contributed by atoms with E-state index in [-0.39, 0.29) is 5.75 Å². The molecule has 0 atom stereocenters. The smallest absolute Gasteiger partial charge is 0.211 e. The summed E-state index contributed by atoms with van der Waals surface area (Å²) in [6.45, 7) is 5.93. The van der Waals surface area contributed by atoms with Crippen LogP contribution in [0.5, 0.6) is 5.75 Å². The Morgan fingerprint density at radius 3 is 2.58 bits per heavy atom. The molecule has 1 aromatic carbocycles. The number of hydrogen-bond acceptors (Lipinski definition) is 5. The quantitative estimate of drug-likeness (QED) is 0.401. The summed E-state index contributed by atoms with van der Waals surface area (Å²) in [6.07, 6.45) is 0. The van der Waals surface area contributed by atoms with E-state index in [2.05, 4.69) is 30.9 Å². The van der Waals surface area contributed by atoms with Crippen LogP contribution in [0, 0.1) is 0 Å². The van der Waals surface area contributed by atoms with Crippen molar-refractivity contribution in [3.05, 3.63) is 24.3 Å². The van der Waals surface area contributed by atoms with Gasteiger partial charge in [-0.25, -0.2) is 13.1 Å². The number of sulfonamides is 1. The lowest BCUT2D eigenvalue weighted by atomic mass is 10.2. The summed E-state index contributed by atoms with van der Waals surface area (Å²) < 4.78 is 30.7. The maximum Gasteiger partial charge on any atom is 0.211 e. The highest BCUT2D eigenvalue weighted by Crippen LogP contribution is 2.22. The first-order valence-electron chi connectivity index (χ1n) is 8.81. The minimum atomic E-state index is -3.15. The van der Waals surface area contributed by atoms with Crippen LogP contribution in [-0.2, 0) is 10.0 Å². The standard InChI is InChI=1S/C17H29N5O3S/c1-4-26(23,24)20-9-8-19-17(18-2)22-12-10-21(11-13-22)15-6-5-7-16(14-15)25-3/h5-7,14,20H,4,8-13H2,1-3H3,(H,18,19). The Labute approximate surface area is 156 Å². The van der Waals surface area contributed by atoms with Crippen molar-refractivity contribution in [2.24, 2.45) is 4.99 Å². The molecule has 1 saturated heterocycles. The van der Waals surface area contributed by atoms with Gasteiger partial charge in [0.25, 0.3) is 0 Å². The second kappa shape index (κ2) is 9.63. The largest absolute Gasteiger partial charge is 0.497 e. The summed E-state index contributed by atoms with van der Waals surface area (Å²) in [5.41, 5.74) is 1.15. The molecule has 1 aliphatic rings. The average Bonchev–Trinajstić information content (AvgIpc) is 2.68. The van der Waals surface area contributed by atoms with E-state index in [4.69, 9.17) is 4.74 Å². The molecular weight excluding hydrogens is 354 g/mol. The molecule has 0 radical (unpaired) electrons. The van der Waals surface area contributed by atoms with Gasteiger partial charge in [-0.1, -0.05) is 6.07 Å². The number of aliphatic imine (C=N–C) groups is 1. The normalized spacial score (nSPS) is 15.9. The monoisotopic (exact) mass is 383 g/mol. The predicted octanol–water partition coefficient (Wildman–Crippen LogP) is 0.332. The number of hydrogen-bond donors (Lipinski definition) is 2. The molecule has 1 aliphatic heterocycles. The molecule has 2 N–H and O–H groups in total. The Morgan fingerprint density at radius 2 is 1.96 bits per heavy atom. The number of ether oxygens (including phenoxy) is 1. The zero-order valence-electron chi connectivity index (χ0n) is 15.7. The summed E-state index contributed by atoms with van der Waals surface area (Å²) in [5, 5.41) is 3.22. The first kappa shape index (κ1) is 20.3. The molecule has 0 spiro atoms. The number of nitrogens with one attached hydrogen (secondary N) is 2. The first-order chi connectivity index (χ1) is 12.5. The van der Waals surface area contributed by atoms with E-state index in [1.54, 1.807) is 21.1 Å². The van der Waals surface area contributed by atoms with Gasteiger partial charge in [0.15, 0.2) is 5.96 Å². The maximum atomic E-state index is 11.4. The van der Waals surface area contributed by atoms with Crippen LogP contribution in [-0.4, -0.2) is 78.5 Å². The minimum Gasteiger partial charge on any atom is -0.497 e. The maximum absolute atomic E-state index is 11.4. The van der Waals surface area contributed by atoms with Crippen molar-refractivity contribution in [3.8, 4) is 5.75 Å². The van der Waals surface area contributed by atoms with Crippen LogP contribution in [0.1, 0.15) is 6.92 Å². The van der Waals surface area contributed by atoms with Gasteiger partial charge >= 0.3 is 0 Å². The predicted molar refractivity (Wildman–Crippen MR) is 106 cm³/mol.